The second kappa shape index (κ2) is 7.94. The Morgan fingerprint density at radius 3 is 2.85 bits per heavy atom. The smallest absolute Gasteiger partial charge is 0.292 e. The van der Waals surface area contributed by atoms with E-state index in [1.165, 1.54) is 11.3 Å². The number of fused-ring (bicyclic) bond motifs is 2. The van der Waals surface area contributed by atoms with E-state index in [1.54, 1.807) is 6.07 Å². The first kappa shape index (κ1) is 17.8. The summed E-state index contributed by atoms with van der Waals surface area (Å²) in [6.45, 7) is 3.97. The Kier molecular flexibility index (Phi) is 5.22. The normalized spacial score (nSPS) is 16.6. The molecule has 2 aromatic carbocycles. The van der Waals surface area contributed by atoms with Crippen molar-refractivity contribution in [3.63, 3.8) is 0 Å². The zero-order valence-corrected chi connectivity index (χ0v) is 15.8. The van der Waals surface area contributed by atoms with Gasteiger partial charge in [0, 0.05) is 13.2 Å². The van der Waals surface area contributed by atoms with Crippen LogP contribution in [0.2, 0.25) is 0 Å². The van der Waals surface area contributed by atoms with Gasteiger partial charge in [-0.05, 0) is 31.2 Å². The first-order valence-corrected chi connectivity index (χ1v) is 9.71. The fourth-order valence-electron chi connectivity index (χ4n) is 2.93. The van der Waals surface area contributed by atoms with Crippen molar-refractivity contribution < 1.29 is 19.0 Å². The first-order chi connectivity index (χ1) is 13.3. The van der Waals surface area contributed by atoms with Crippen LogP contribution < -0.4 is 14.3 Å². The number of aromatic nitrogens is 1. The highest BCUT2D eigenvalue weighted by atomic mass is 32.1. The maximum Gasteiger partial charge on any atom is 0.292 e. The van der Waals surface area contributed by atoms with Crippen LogP contribution in [0.5, 0.6) is 11.5 Å². The van der Waals surface area contributed by atoms with Crippen molar-refractivity contribution in [1.82, 2.24) is 4.57 Å². The van der Waals surface area contributed by atoms with Crippen LogP contribution in [0.1, 0.15) is 6.92 Å². The van der Waals surface area contributed by atoms with Gasteiger partial charge in [-0.15, -0.1) is 0 Å². The third-order valence-electron chi connectivity index (χ3n) is 4.24. The van der Waals surface area contributed by atoms with Crippen LogP contribution in [-0.4, -0.2) is 36.4 Å². The molecule has 27 heavy (non-hydrogen) atoms. The number of para-hydroxylation sites is 3. The highest BCUT2D eigenvalue weighted by Crippen LogP contribution is 2.31. The number of nitrogens with zero attached hydrogens (tertiary/aromatic N) is 2. The summed E-state index contributed by atoms with van der Waals surface area (Å²) in [7, 11) is 0. The van der Waals surface area contributed by atoms with Gasteiger partial charge in [-0.3, -0.25) is 4.79 Å². The largest absolute Gasteiger partial charge is 0.485 e. The lowest BCUT2D eigenvalue weighted by atomic mass is 10.2. The molecule has 0 saturated carbocycles. The molecule has 1 atom stereocenters. The number of ether oxygens (including phenoxy) is 3. The Morgan fingerprint density at radius 1 is 1.22 bits per heavy atom. The van der Waals surface area contributed by atoms with Crippen LogP contribution >= 0.6 is 11.3 Å². The molecule has 0 fully saturated rings. The summed E-state index contributed by atoms with van der Waals surface area (Å²) < 4.78 is 20.0. The number of hydrogen-bond acceptors (Lipinski definition) is 5. The summed E-state index contributed by atoms with van der Waals surface area (Å²) in [5.74, 6) is 0.870. The molecule has 0 N–H and O–H groups in total. The molecule has 1 aliphatic rings. The summed E-state index contributed by atoms with van der Waals surface area (Å²) in [4.78, 5) is 17.7. The molecule has 0 saturated heterocycles. The Bertz CT molecular complexity index is 1020. The van der Waals surface area contributed by atoms with Crippen molar-refractivity contribution in [2.45, 2.75) is 19.6 Å². The lowest BCUT2D eigenvalue weighted by Crippen LogP contribution is -2.37. The number of carbonyl (C=O) groups excluding carboxylic acids is 1. The standard InChI is InChI=1S/C20H20N2O4S/c1-2-24-12-11-22-14-7-3-6-10-18(14)27-20(22)21-19(23)17-13-25-15-8-4-5-9-16(15)26-17/h3-10,17H,2,11-13H2,1H3. The third kappa shape index (κ3) is 3.74. The highest BCUT2D eigenvalue weighted by molar-refractivity contribution is 7.16. The second-order valence-corrected chi connectivity index (χ2v) is 7.02. The molecule has 0 spiro atoms. The molecule has 0 aliphatic carbocycles. The van der Waals surface area contributed by atoms with Gasteiger partial charge < -0.3 is 18.8 Å². The Morgan fingerprint density at radius 2 is 2.00 bits per heavy atom. The van der Waals surface area contributed by atoms with E-state index in [-0.39, 0.29) is 12.5 Å². The van der Waals surface area contributed by atoms with E-state index in [0.29, 0.717) is 36.1 Å². The lowest BCUT2D eigenvalue weighted by molar-refractivity contribution is -0.127. The SMILES string of the molecule is CCOCCn1c(=NC(=O)C2COc3ccccc3O2)sc2ccccc21. The molecular formula is C20H20N2O4S. The van der Waals surface area contributed by atoms with Crippen molar-refractivity contribution in [3.05, 3.63) is 53.3 Å². The van der Waals surface area contributed by atoms with Gasteiger partial charge in [-0.25, -0.2) is 0 Å². The summed E-state index contributed by atoms with van der Waals surface area (Å²) in [5.41, 5.74) is 1.04. The summed E-state index contributed by atoms with van der Waals surface area (Å²) in [5, 5.41) is 0. The second-order valence-electron chi connectivity index (χ2n) is 6.02. The maximum atomic E-state index is 12.7. The highest BCUT2D eigenvalue weighted by Gasteiger charge is 2.27. The number of carbonyl (C=O) groups is 1. The van der Waals surface area contributed by atoms with Crippen LogP contribution in [-0.2, 0) is 16.1 Å². The zero-order valence-electron chi connectivity index (χ0n) is 15.0. The fraction of sp³-hybridized carbons (Fsp3) is 0.300. The van der Waals surface area contributed by atoms with E-state index in [0.717, 1.165) is 10.2 Å². The average Bonchev–Trinajstić information content (AvgIpc) is 3.05. The van der Waals surface area contributed by atoms with Crippen molar-refractivity contribution in [2.75, 3.05) is 19.8 Å². The van der Waals surface area contributed by atoms with Gasteiger partial charge in [0.2, 0.25) is 6.10 Å². The van der Waals surface area contributed by atoms with Crippen molar-refractivity contribution in [1.29, 1.82) is 0 Å². The Balaban J connectivity index is 1.64. The molecular weight excluding hydrogens is 364 g/mol. The molecule has 2 heterocycles. The van der Waals surface area contributed by atoms with Crippen molar-refractivity contribution in [3.8, 4) is 11.5 Å². The van der Waals surface area contributed by atoms with E-state index in [1.807, 2.05) is 54.0 Å². The predicted octanol–water partition coefficient (Wildman–Crippen LogP) is 3.01. The van der Waals surface area contributed by atoms with Crippen LogP contribution in [0.3, 0.4) is 0 Å². The summed E-state index contributed by atoms with van der Waals surface area (Å²) in [6.07, 6.45) is -0.745. The van der Waals surface area contributed by atoms with Crippen LogP contribution in [0, 0.1) is 0 Å². The van der Waals surface area contributed by atoms with Gasteiger partial charge >= 0.3 is 0 Å². The summed E-state index contributed by atoms with van der Waals surface area (Å²) >= 11 is 1.48. The van der Waals surface area contributed by atoms with Gasteiger partial charge in [-0.2, -0.15) is 4.99 Å². The molecule has 1 unspecified atom stereocenters. The van der Waals surface area contributed by atoms with Crippen LogP contribution in [0.4, 0.5) is 0 Å². The number of hydrogen-bond donors (Lipinski definition) is 0. The van der Waals surface area contributed by atoms with Gasteiger partial charge in [0.05, 0.1) is 16.8 Å². The Labute approximate surface area is 160 Å². The first-order valence-electron chi connectivity index (χ1n) is 8.89. The Hall–Kier alpha value is -2.64. The van der Waals surface area contributed by atoms with E-state index in [2.05, 4.69) is 4.99 Å². The molecule has 7 heteroatoms. The van der Waals surface area contributed by atoms with E-state index in [9.17, 15) is 4.79 Å². The van der Waals surface area contributed by atoms with Crippen molar-refractivity contribution >= 4 is 27.5 Å². The van der Waals surface area contributed by atoms with Gasteiger partial charge in [0.25, 0.3) is 5.91 Å². The van der Waals surface area contributed by atoms with E-state index >= 15 is 0 Å². The monoisotopic (exact) mass is 384 g/mol. The molecule has 6 nitrogen and oxygen atoms in total. The molecule has 1 amide bonds. The molecule has 0 bridgehead atoms. The number of amides is 1. The quantitative estimate of drug-likeness (QED) is 0.635. The maximum absolute atomic E-state index is 12.7. The minimum Gasteiger partial charge on any atom is -0.485 e. The molecule has 4 rings (SSSR count). The van der Waals surface area contributed by atoms with E-state index < -0.39 is 6.10 Å². The lowest BCUT2D eigenvalue weighted by Gasteiger charge is -2.23. The zero-order chi connectivity index (χ0) is 18.6. The molecule has 0 radical (unpaired) electrons. The van der Waals surface area contributed by atoms with Crippen LogP contribution in [0.25, 0.3) is 10.2 Å². The molecule has 1 aromatic heterocycles. The minimum atomic E-state index is -0.745. The average molecular weight is 384 g/mol. The third-order valence-corrected chi connectivity index (χ3v) is 5.30. The molecule has 3 aromatic rings. The fourth-order valence-corrected chi connectivity index (χ4v) is 3.99. The number of benzene rings is 2. The van der Waals surface area contributed by atoms with Crippen LogP contribution in [0.15, 0.2) is 53.5 Å². The van der Waals surface area contributed by atoms with E-state index in [4.69, 9.17) is 14.2 Å². The van der Waals surface area contributed by atoms with Crippen molar-refractivity contribution in [2.24, 2.45) is 4.99 Å². The predicted molar refractivity (Wildman–Crippen MR) is 103 cm³/mol. The van der Waals surface area contributed by atoms with Gasteiger partial charge in [0.1, 0.15) is 6.61 Å². The van der Waals surface area contributed by atoms with Gasteiger partial charge in [0.15, 0.2) is 16.3 Å². The number of rotatable bonds is 5. The molecule has 140 valence electrons. The minimum absolute atomic E-state index is 0.156. The molecule has 1 aliphatic heterocycles. The summed E-state index contributed by atoms with van der Waals surface area (Å²) in [6, 6.07) is 15.3. The van der Waals surface area contributed by atoms with Gasteiger partial charge in [-0.1, -0.05) is 35.6 Å². The number of thiazole rings is 1. The topological polar surface area (TPSA) is 62.1 Å².